The molecule has 0 unspecified atom stereocenters. The molecule has 0 heterocycles. The summed E-state index contributed by atoms with van der Waals surface area (Å²) in [4.78, 5) is 3.36. The fourth-order valence-electron chi connectivity index (χ4n) is 1.65. The van der Waals surface area contributed by atoms with Gasteiger partial charge in [-0.25, -0.2) is 4.85 Å². The van der Waals surface area contributed by atoms with Crippen LogP contribution >= 0.6 is 27.5 Å². The monoisotopic (exact) mass is 335 g/mol. The molecule has 2 aromatic rings. The van der Waals surface area contributed by atoms with E-state index in [0.29, 0.717) is 22.2 Å². The molecular formula is C15H11BrClNO. The third-order valence-electron chi connectivity index (χ3n) is 2.62. The van der Waals surface area contributed by atoms with Gasteiger partial charge in [-0.05, 0) is 58.2 Å². The predicted octanol–water partition coefficient (Wildman–Crippen LogP) is 6.01. The first kappa shape index (κ1) is 13.9. The van der Waals surface area contributed by atoms with Crippen LogP contribution in [0.1, 0.15) is 12.5 Å². The molecule has 0 bridgehead atoms. The normalized spacial score (nSPS) is 10.0. The lowest BCUT2D eigenvalue weighted by Crippen LogP contribution is -1.87. The smallest absolute Gasteiger partial charge is 0.192 e. The highest BCUT2D eigenvalue weighted by atomic mass is 79.9. The summed E-state index contributed by atoms with van der Waals surface area (Å²) in [5, 5.41) is 0.491. The van der Waals surface area contributed by atoms with E-state index in [0.717, 1.165) is 10.9 Å². The maximum Gasteiger partial charge on any atom is 0.192 e. The average Bonchev–Trinajstić information content (AvgIpc) is 2.40. The van der Waals surface area contributed by atoms with Crippen LogP contribution in [0, 0.1) is 6.57 Å². The molecule has 4 heteroatoms. The molecule has 0 radical (unpaired) electrons. The molecule has 0 spiro atoms. The standard InChI is InChI=1S/C15H11BrClNO/c1-3-10-4-5-15(14(16)6-10)19-13-8-11(17)7-12(9-13)18-2/h4-9H,3H2,1H3. The summed E-state index contributed by atoms with van der Waals surface area (Å²) in [6.07, 6.45) is 0.970. The Hall–Kier alpha value is -1.50. The van der Waals surface area contributed by atoms with Crippen molar-refractivity contribution in [3.05, 3.63) is 62.9 Å². The zero-order valence-electron chi connectivity index (χ0n) is 10.3. The Bertz CT molecular complexity index is 649. The largest absolute Gasteiger partial charge is 0.457 e. The van der Waals surface area contributed by atoms with Gasteiger partial charge in [0, 0.05) is 5.02 Å². The van der Waals surface area contributed by atoms with Crippen molar-refractivity contribution in [1.82, 2.24) is 0 Å². The zero-order valence-corrected chi connectivity index (χ0v) is 12.6. The lowest BCUT2D eigenvalue weighted by atomic mass is 10.2. The Labute approximate surface area is 125 Å². The van der Waals surface area contributed by atoms with Gasteiger partial charge < -0.3 is 4.74 Å². The van der Waals surface area contributed by atoms with Crippen molar-refractivity contribution in [2.24, 2.45) is 0 Å². The van der Waals surface area contributed by atoms with Crippen molar-refractivity contribution < 1.29 is 4.74 Å². The van der Waals surface area contributed by atoms with E-state index < -0.39 is 0 Å². The SMILES string of the molecule is [C-]#[N+]c1cc(Cl)cc(Oc2ccc(CC)cc2Br)c1. The van der Waals surface area contributed by atoms with E-state index in [4.69, 9.17) is 22.9 Å². The third-order valence-corrected chi connectivity index (χ3v) is 3.46. The summed E-state index contributed by atoms with van der Waals surface area (Å²) in [5.74, 6) is 1.26. The van der Waals surface area contributed by atoms with Gasteiger partial charge in [0.15, 0.2) is 5.69 Å². The molecule has 0 N–H and O–H groups in total. The van der Waals surface area contributed by atoms with Crippen LogP contribution in [-0.4, -0.2) is 0 Å². The van der Waals surface area contributed by atoms with E-state index in [1.54, 1.807) is 18.2 Å². The Morgan fingerprint density at radius 2 is 2.05 bits per heavy atom. The second kappa shape index (κ2) is 6.10. The molecule has 0 aliphatic rings. The van der Waals surface area contributed by atoms with Gasteiger partial charge >= 0.3 is 0 Å². The van der Waals surface area contributed by atoms with Crippen LogP contribution in [0.25, 0.3) is 4.85 Å². The molecule has 0 amide bonds. The molecule has 0 saturated heterocycles. The number of ether oxygens (including phenoxy) is 1. The summed E-state index contributed by atoms with van der Waals surface area (Å²) >= 11 is 9.43. The molecule has 0 saturated carbocycles. The highest BCUT2D eigenvalue weighted by molar-refractivity contribution is 9.10. The van der Waals surface area contributed by atoms with Crippen LogP contribution in [0.15, 0.2) is 40.9 Å². The summed E-state index contributed by atoms with van der Waals surface area (Å²) in [6.45, 7) is 9.11. The number of hydrogen-bond donors (Lipinski definition) is 0. The number of hydrogen-bond acceptors (Lipinski definition) is 1. The van der Waals surface area contributed by atoms with E-state index in [2.05, 4.69) is 27.7 Å². The van der Waals surface area contributed by atoms with Crippen molar-refractivity contribution >= 4 is 33.2 Å². The molecule has 0 aliphatic carbocycles. The second-order valence-electron chi connectivity index (χ2n) is 3.98. The van der Waals surface area contributed by atoms with E-state index in [1.165, 1.54) is 5.56 Å². The van der Waals surface area contributed by atoms with Gasteiger partial charge in [-0.3, -0.25) is 0 Å². The first-order valence-electron chi connectivity index (χ1n) is 5.76. The van der Waals surface area contributed by atoms with Crippen molar-refractivity contribution in [2.75, 3.05) is 0 Å². The van der Waals surface area contributed by atoms with Gasteiger partial charge in [0.2, 0.25) is 0 Å². The molecule has 0 aromatic heterocycles. The minimum Gasteiger partial charge on any atom is -0.457 e. The molecular weight excluding hydrogens is 326 g/mol. The fraction of sp³-hybridized carbons (Fsp3) is 0.133. The predicted molar refractivity (Wildman–Crippen MR) is 81.3 cm³/mol. The third kappa shape index (κ3) is 3.50. The van der Waals surface area contributed by atoms with Crippen molar-refractivity contribution in [3.63, 3.8) is 0 Å². The number of rotatable bonds is 3. The quantitative estimate of drug-likeness (QED) is 0.626. The highest BCUT2D eigenvalue weighted by Gasteiger charge is 2.06. The summed E-state index contributed by atoms with van der Waals surface area (Å²) in [5.41, 5.74) is 1.69. The zero-order chi connectivity index (χ0) is 13.8. The van der Waals surface area contributed by atoms with Crippen molar-refractivity contribution in [2.45, 2.75) is 13.3 Å². The molecule has 0 aliphatic heterocycles. The van der Waals surface area contributed by atoms with Gasteiger partial charge in [0.1, 0.15) is 11.5 Å². The van der Waals surface area contributed by atoms with Crippen LogP contribution < -0.4 is 4.74 Å². The number of benzene rings is 2. The topological polar surface area (TPSA) is 13.6 Å². The van der Waals surface area contributed by atoms with Gasteiger partial charge in [-0.2, -0.15) is 0 Å². The van der Waals surface area contributed by atoms with Gasteiger partial charge in [0.05, 0.1) is 11.0 Å². The maximum absolute atomic E-state index is 7.01. The molecule has 0 fully saturated rings. The first-order valence-corrected chi connectivity index (χ1v) is 6.94. The molecule has 0 atom stereocenters. The van der Waals surface area contributed by atoms with Crippen LogP contribution in [0.4, 0.5) is 5.69 Å². The van der Waals surface area contributed by atoms with Crippen LogP contribution in [-0.2, 0) is 6.42 Å². The molecule has 19 heavy (non-hydrogen) atoms. The maximum atomic E-state index is 7.01. The Balaban J connectivity index is 2.31. The fourth-order valence-corrected chi connectivity index (χ4v) is 2.37. The molecule has 2 aromatic carbocycles. The Morgan fingerprint density at radius 3 is 2.68 bits per heavy atom. The second-order valence-corrected chi connectivity index (χ2v) is 5.27. The lowest BCUT2D eigenvalue weighted by Gasteiger charge is -2.09. The first-order chi connectivity index (χ1) is 9.12. The summed E-state index contributed by atoms with van der Waals surface area (Å²) in [6, 6.07) is 10.9. The Kier molecular flexibility index (Phi) is 4.47. The van der Waals surface area contributed by atoms with Crippen LogP contribution in [0.2, 0.25) is 5.02 Å². The van der Waals surface area contributed by atoms with E-state index in [-0.39, 0.29) is 0 Å². The van der Waals surface area contributed by atoms with Gasteiger partial charge in [0.25, 0.3) is 0 Å². The average molecular weight is 337 g/mol. The van der Waals surface area contributed by atoms with E-state index in [1.807, 2.05) is 18.2 Å². The number of aryl methyl sites for hydroxylation is 1. The lowest BCUT2D eigenvalue weighted by molar-refractivity contribution is 0.480. The van der Waals surface area contributed by atoms with E-state index in [9.17, 15) is 0 Å². The van der Waals surface area contributed by atoms with E-state index >= 15 is 0 Å². The minimum atomic E-state index is 0.462. The summed E-state index contributed by atoms with van der Waals surface area (Å²) < 4.78 is 6.64. The molecule has 96 valence electrons. The van der Waals surface area contributed by atoms with Crippen LogP contribution in [0.5, 0.6) is 11.5 Å². The number of halogens is 2. The van der Waals surface area contributed by atoms with Gasteiger partial charge in [-0.1, -0.05) is 24.6 Å². The van der Waals surface area contributed by atoms with Crippen LogP contribution in [0.3, 0.4) is 0 Å². The van der Waals surface area contributed by atoms with Crippen molar-refractivity contribution in [3.8, 4) is 11.5 Å². The molecule has 2 rings (SSSR count). The number of nitrogens with zero attached hydrogens (tertiary/aromatic N) is 1. The Morgan fingerprint density at radius 1 is 1.26 bits per heavy atom. The molecule has 2 nitrogen and oxygen atoms in total. The minimum absolute atomic E-state index is 0.462. The highest BCUT2D eigenvalue weighted by Crippen LogP contribution is 2.34. The summed E-state index contributed by atoms with van der Waals surface area (Å²) in [7, 11) is 0. The van der Waals surface area contributed by atoms with Gasteiger partial charge in [-0.15, -0.1) is 0 Å². The van der Waals surface area contributed by atoms with Crippen molar-refractivity contribution in [1.29, 1.82) is 0 Å².